The molecule has 0 unspecified atom stereocenters. The van der Waals surface area contributed by atoms with Crippen molar-refractivity contribution in [2.24, 2.45) is 5.92 Å². The Hall–Kier alpha value is -1.25. The van der Waals surface area contributed by atoms with Gasteiger partial charge in [0.25, 0.3) is 5.91 Å². The Morgan fingerprint density at radius 3 is 2.65 bits per heavy atom. The monoisotopic (exact) mass is 235 g/mol. The SMILES string of the molecule is Cc1cc(C(=O)N[C@@H]2CCCC[C@@H]2C)c(C)o1. The fourth-order valence-electron chi connectivity index (χ4n) is 2.63. The van der Waals surface area contributed by atoms with E-state index in [1.54, 1.807) is 0 Å². The summed E-state index contributed by atoms with van der Waals surface area (Å²) in [4.78, 5) is 12.1. The molecule has 17 heavy (non-hydrogen) atoms. The molecule has 3 heteroatoms. The minimum Gasteiger partial charge on any atom is -0.466 e. The van der Waals surface area contributed by atoms with Gasteiger partial charge in [0.2, 0.25) is 0 Å². The van der Waals surface area contributed by atoms with Gasteiger partial charge < -0.3 is 9.73 Å². The van der Waals surface area contributed by atoms with E-state index < -0.39 is 0 Å². The van der Waals surface area contributed by atoms with E-state index >= 15 is 0 Å². The number of rotatable bonds is 2. The summed E-state index contributed by atoms with van der Waals surface area (Å²) >= 11 is 0. The number of hydrogen-bond donors (Lipinski definition) is 1. The van der Waals surface area contributed by atoms with Crippen LogP contribution in [0.3, 0.4) is 0 Å². The zero-order chi connectivity index (χ0) is 12.4. The highest BCUT2D eigenvalue weighted by atomic mass is 16.3. The molecular weight excluding hydrogens is 214 g/mol. The van der Waals surface area contributed by atoms with Gasteiger partial charge in [-0.05, 0) is 38.7 Å². The Balaban J connectivity index is 2.03. The summed E-state index contributed by atoms with van der Waals surface area (Å²) in [6, 6.07) is 2.14. The van der Waals surface area contributed by atoms with Crippen LogP contribution in [0.4, 0.5) is 0 Å². The standard InChI is InChI=1S/C14H21NO2/c1-9-6-4-5-7-13(9)15-14(16)12-8-10(2)17-11(12)3/h8-9,13H,4-7H2,1-3H3,(H,15,16)/t9-,13+/m0/s1. The molecular formula is C14H21NO2. The minimum absolute atomic E-state index is 0.0121. The van der Waals surface area contributed by atoms with Crippen LogP contribution in [0.1, 0.15) is 54.5 Å². The van der Waals surface area contributed by atoms with Crippen molar-refractivity contribution < 1.29 is 9.21 Å². The maximum absolute atomic E-state index is 12.1. The van der Waals surface area contributed by atoms with Crippen LogP contribution in [0.15, 0.2) is 10.5 Å². The Bertz CT molecular complexity index is 408. The lowest BCUT2D eigenvalue weighted by Crippen LogP contribution is -2.41. The van der Waals surface area contributed by atoms with Crippen LogP contribution in [0, 0.1) is 19.8 Å². The molecule has 1 fully saturated rings. The molecule has 0 spiro atoms. The molecule has 1 aromatic rings. The zero-order valence-corrected chi connectivity index (χ0v) is 10.9. The molecule has 2 rings (SSSR count). The maximum Gasteiger partial charge on any atom is 0.255 e. The van der Waals surface area contributed by atoms with Crippen molar-refractivity contribution in [3.8, 4) is 0 Å². The van der Waals surface area contributed by atoms with E-state index in [-0.39, 0.29) is 5.91 Å². The van der Waals surface area contributed by atoms with Gasteiger partial charge in [0.05, 0.1) is 5.56 Å². The summed E-state index contributed by atoms with van der Waals surface area (Å²) in [7, 11) is 0. The topological polar surface area (TPSA) is 42.2 Å². The lowest BCUT2D eigenvalue weighted by atomic mass is 9.86. The van der Waals surface area contributed by atoms with Gasteiger partial charge >= 0.3 is 0 Å². The highest BCUT2D eigenvalue weighted by Gasteiger charge is 2.24. The second kappa shape index (κ2) is 4.94. The van der Waals surface area contributed by atoms with Crippen LogP contribution in [0.2, 0.25) is 0 Å². The smallest absolute Gasteiger partial charge is 0.255 e. The van der Waals surface area contributed by atoms with Crippen LogP contribution >= 0.6 is 0 Å². The maximum atomic E-state index is 12.1. The van der Waals surface area contributed by atoms with Crippen molar-refractivity contribution >= 4 is 5.91 Å². The first-order chi connectivity index (χ1) is 8.08. The molecule has 0 bridgehead atoms. The molecule has 3 nitrogen and oxygen atoms in total. The molecule has 1 heterocycles. The molecule has 1 aromatic heterocycles. The van der Waals surface area contributed by atoms with Crippen LogP contribution in [-0.4, -0.2) is 11.9 Å². The van der Waals surface area contributed by atoms with E-state index in [9.17, 15) is 4.79 Å². The van der Waals surface area contributed by atoms with E-state index in [1.165, 1.54) is 19.3 Å². The van der Waals surface area contributed by atoms with Crippen molar-refractivity contribution in [1.29, 1.82) is 0 Å². The highest BCUT2D eigenvalue weighted by molar-refractivity contribution is 5.95. The Labute approximate surface area is 103 Å². The van der Waals surface area contributed by atoms with Crippen LogP contribution in [0.5, 0.6) is 0 Å². The third-order valence-electron chi connectivity index (χ3n) is 3.71. The molecule has 2 atom stereocenters. The second-order valence-electron chi connectivity index (χ2n) is 5.17. The first-order valence-electron chi connectivity index (χ1n) is 6.46. The number of furan rings is 1. The highest BCUT2D eigenvalue weighted by Crippen LogP contribution is 2.24. The van der Waals surface area contributed by atoms with E-state index in [0.29, 0.717) is 23.3 Å². The zero-order valence-electron chi connectivity index (χ0n) is 10.9. The Morgan fingerprint density at radius 2 is 2.06 bits per heavy atom. The van der Waals surface area contributed by atoms with Gasteiger partial charge in [-0.15, -0.1) is 0 Å². The lowest BCUT2D eigenvalue weighted by molar-refractivity contribution is 0.0909. The Kier molecular flexibility index (Phi) is 3.55. The number of nitrogens with one attached hydrogen (secondary N) is 1. The quantitative estimate of drug-likeness (QED) is 0.855. The molecule has 94 valence electrons. The number of carbonyl (C=O) groups excluding carboxylic acids is 1. The fourth-order valence-corrected chi connectivity index (χ4v) is 2.63. The molecule has 0 saturated heterocycles. The molecule has 1 aliphatic rings. The molecule has 1 amide bonds. The van der Waals surface area contributed by atoms with Gasteiger partial charge in [-0.25, -0.2) is 0 Å². The second-order valence-corrected chi connectivity index (χ2v) is 5.17. The fraction of sp³-hybridized carbons (Fsp3) is 0.643. The summed E-state index contributed by atoms with van der Waals surface area (Å²) in [6.07, 6.45) is 4.83. The summed E-state index contributed by atoms with van der Waals surface area (Å²) < 4.78 is 5.39. The average Bonchev–Trinajstić information content (AvgIpc) is 2.61. The third-order valence-corrected chi connectivity index (χ3v) is 3.71. The summed E-state index contributed by atoms with van der Waals surface area (Å²) in [5.41, 5.74) is 0.681. The number of amides is 1. The van der Waals surface area contributed by atoms with E-state index in [0.717, 1.165) is 12.2 Å². The molecule has 1 saturated carbocycles. The van der Waals surface area contributed by atoms with Crippen molar-refractivity contribution in [3.63, 3.8) is 0 Å². The van der Waals surface area contributed by atoms with E-state index in [4.69, 9.17) is 4.42 Å². The Morgan fingerprint density at radius 1 is 1.35 bits per heavy atom. The van der Waals surface area contributed by atoms with Crippen molar-refractivity contribution in [2.75, 3.05) is 0 Å². The molecule has 0 aromatic carbocycles. The first kappa shape index (κ1) is 12.2. The van der Waals surface area contributed by atoms with Crippen molar-refractivity contribution in [2.45, 2.75) is 52.5 Å². The van der Waals surface area contributed by atoms with Crippen molar-refractivity contribution in [3.05, 3.63) is 23.2 Å². The summed E-state index contributed by atoms with van der Waals surface area (Å²) in [5, 5.41) is 3.14. The molecule has 0 aliphatic heterocycles. The predicted molar refractivity (Wildman–Crippen MR) is 67.1 cm³/mol. The number of aryl methyl sites for hydroxylation is 2. The van der Waals surface area contributed by atoms with Crippen LogP contribution in [-0.2, 0) is 0 Å². The number of carbonyl (C=O) groups is 1. The summed E-state index contributed by atoms with van der Waals surface area (Å²) in [5.74, 6) is 2.10. The van der Waals surface area contributed by atoms with Gasteiger partial charge in [-0.1, -0.05) is 19.8 Å². The minimum atomic E-state index is 0.0121. The van der Waals surface area contributed by atoms with Gasteiger partial charge in [-0.3, -0.25) is 4.79 Å². The number of hydrogen-bond acceptors (Lipinski definition) is 2. The van der Waals surface area contributed by atoms with Gasteiger partial charge in [-0.2, -0.15) is 0 Å². The lowest BCUT2D eigenvalue weighted by Gasteiger charge is -2.29. The molecule has 1 N–H and O–H groups in total. The normalized spacial score (nSPS) is 24.6. The molecule has 0 radical (unpaired) electrons. The molecule has 1 aliphatic carbocycles. The van der Waals surface area contributed by atoms with E-state index in [2.05, 4.69) is 12.2 Å². The van der Waals surface area contributed by atoms with Gasteiger partial charge in [0.1, 0.15) is 11.5 Å². The first-order valence-corrected chi connectivity index (χ1v) is 6.46. The van der Waals surface area contributed by atoms with E-state index in [1.807, 2.05) is 19.9 Å². The largest absolute Gasteiger partial charge is 0.466 e. The third kappa shape index (κ3) is 2.71. The van der Waals surface area contributed by atoms with Crippen LogP contribution < -0.4 is 5.32 Å². The predicted octanol–water partition coefficient (Wildman–Crippen LogP) is 3.20. The van der Waals surface area contributed by atoms with Crippen LogP contribution in [0.25, 0.3) is 0 Å². The summed E-state index contributed by atoms with van der Waals surface area (Å²) in [6.45, 7) is 5.93. The van der Waals surface area contributed by atoms with Gasteiger partial charge in [0, 0.05) is 6.04 Å². The van der Waals surface area contributed by atoms with Crippen molar-refractivity contribution in [1.82, 2.24) is 5.32 Å². The van der Waals surface area contributed by atoms with Gasteiger partial charge in [0.15, 0.2) is 0 Å². The average molecular weight is 235 g/mol.